The SMILES string of the molecule is c1ccc(-c2ccc(-n3c4ccccc4c4ccc5c6ccccc6n(-c6ccc(-c7ccccc7)cc6)c5c43)cc2)cc1.c1ccc(-c2ccc(-n3c4ccccc4c4ccc5c6ccccc6n(-c6cccc(-c7ccccc7)c6)c5c43)cc2)cc1.c1ccc(-c2cccc(-n3c4ccccc4c4ccc5c6ccccc6n(-c6cccc(-c7ccccc7)c6)c5c43)c2)cc1. The maximum absolute atomic E-state index is 2.47. The number of aromatic nitrogens is 6. The Morgan fingerprint density at radius 1 is 0.0909 bits per heavy atom. The van der Waals surface area contributed by atoms with E-state index >= 15 is 0 Å². The molecule has 6 aromatic heterocycles. The van der Waals surface area contributed by atoms with Crippen molar-refractivity contribution < 1.29 is 0 Å². The van der Waals surface area contributed by atoms with E-state index in [1.807, 2.05) is 0 Å². The van der Waals surface area contributed by atoms with Crippen LogP contribution in [0.4, 0.5) is 0 Å². The number of para-hydroxylation sites is 6. The topological polar surface area (TPSA) is 29.6 Å². The van der Waals surface area contributed by atoms with Crippen molar-refractivity contribution in [3.63, 3.8) is 0 Å². The molecule has 132 heavy (non-hydrogen) atoms. The Morgan fingerprint density at radius 2 is 0.242 bits per heavy atom. The molecule has 0 aliphatic carbocycles. The van der Waals surface area contributed by atoms with Crippen LogP contribution < -0.4 is 0 Å². The van der Waals surface area contributed by atoms with Crippen molar-refractivity contribution in [2.75, 3.05) is 0 Å². The second kappa shape index (κ2) is 32.4. The first-order valence-corrected chi connectivity index (χ1v) is 45.4. The number of benzene rings is 21. The number of nitrogens with zero attached hydrogens (tertiary/aromatic N) is 6. The molecule has 0 aliphatic heterocycles. The summed E-state index contributed by atoms with van der Waals surface area (Å²) in [5.74, 6) is 0. The van der Waals surface area contributed by atoms with Gasteiger partial charge in [-0.3, -0.25) is 0 Å². The van der Waals surface area contributed by atoms with Crippen molar-refractivity contribution in [2.45, 2.75) is 0 Å². The fraction of sp³-hybridized carbons (Fsp3) is 0. The molecule has 0 saturated carbocycles. The average Bonchev–Trinajstić information content (AvgIpc) is 1.56. The highest BCUT2D eigenvalue weighted by Gasteiger charge is 2.27. The molecule has 27 aromatic rings. The molecule has 0 N–H and O–H groups in total. The summed E-state index contributed by atoms with van der Waals surface area (Å²) in [5.41, 5.74) is 36.1. The highest BCUT2D eigenvalue weighted by atomic mass is 15.1. The standard InChI is InChI=1S/3C42H28N2/c1-3-13-29(14-4-1)31-17-11-19-33(27-31)43-39-23-9-7-21-35(39)37-25-26-38-36-22-8-10-24-40(36)44(42(38)41(37)43)34-20-12-18-32(28-34)30-15-5-2-6-16-30;1-3-12-29(13-4-1)31-22-24-33(25-23-31)43-39-20-9-7-18-35(39)37-26-27-38-36-19-8-10-21-40(36)44(42(38)41(37)43)34-17-11-16-32(28-34)30-14-5-2-6-15-30;1-3-11-29(12-4-1)31-19-23-33(24-20-31)43-39-17-9-7-15-35(39)37-27-28-38-36-16-8-10-18-40(36)44(42(38)41(37)43)34-25-21-32(22-26-34)30-13-5-2-6-14-30/h3*1-28H. The molecule has 6 heteroatoms. The quantitative estimate of drug-likeness (QED) is 0.117. The van der Waals surface area contributed by atoms with Crippen LogP contribution in [0.2, 0.25) is 0 Å². The zero-order chi connectivity index (χ0) is 87.1. The molecule has 0 spiro atoms. The molecule has 0 radical (unpaired) electrons. The predicted octanol–water partition coefficient (Wildman–Crippen LogP) is 33.6. The van der Waals surface area contributed by atoms with E-state index in [-0.39, 0.29) is 0 Å². The molecule has 6 nitrogen and oxygen atoms in total. The maximum Gasteiger partial charge on any atom is 0.0788 e. The van der Waals surface area contributed by atoms with Gasteiger partial charge in [0, 0.05) is 98.8 Å². The molecule has 6 heterocycles. The fourth-order valence-corrected chi connectivity index (χ4v) is 20.8. The van der Waals surface area contributed by atoms with Gasteiger partial charge in [-0.15, -0.1) is 0 Å². The second-order valence-corrected chi connectivity index (χ2v) is 34.2. The first kappa shape index (κ1) is 76.8. The van der Waals surface area contributed by atoms with Gasteiger partial charge < -0.3 is 27.4 Å². The van der Waals surface area contributed by atoms with Gasteiger partial charge in [0.15, 0.2) is 0 Å². The van der Waals surface area contributed by atoms with E-state index in [9.17, 15) is 0 Å². The van der Waals surface area contributed by atoms with Crippen molar-refractivity contribution in [1.82, 2.24) is 27.4 Å². The zero-order valence-electron chi connectivity index (χ0n) is 72.2. The second-order valence-electron chi connectivity index (χ2n) is 34.2. The highest BCUT2D eigenvalue weighted by molar-refractivity contribution is 6.27. The third kappa shape index (κ3) is 13.0. The minimum absolute atomic E-state index is 1.15. The molecule has 0 saturated heterocycles. The third-order valence-electron chi connectivity index (χ3n) is 26.7. The average molecular weight is 1680 g/mol. The van der Waals surface area contributed by atoms with Crippen LogP contribution in [0.3, 0.4) is 0 Å². The van der Waals surface area contributed by atoms with Gasteiger partial charge in [0.2, 0.25) is 0 Å². The van der Waals surface area contributed by atoms with Gasteiger partial charge >= 0.3 is 0 Å². The lowest BCUT2D eigenvalue weighted by Gasteiger charge is -2.14. The zero-order valence-corrected chi connectivity index (χ0v) is 72.2. The smallest absolute Gasteiger partial charge is 0.0788 e. The normalized spacial score (nSPS) is 11.6. The molecule has 0 aliphatic rings. The first-order chi connectivity index (χ1) is 65.5. The molecule has 618 valence electrons. The molecule has 0 atom stereocenters. The fourth-order valence-electron chi connectivity index (χ4n) is 20.8. The molecule has 0 bridgehead atoms. The van der Waals surface area contributed by atoms with Crippen LogP contribution in [0, 0.1) is 0 Å². The van der Waals surface area contributed by atoms with Gasteiger partial charge in [-0.1, -0.05) is 400 Å². The van der Waals surface area contributed by atoms with Gasteiger partial charge in [0.05, 0.1) is 66.2 Å². The minimum atomic E-state index is 1.15. The summed E-state index contributed by atoms with van der Waals surface area (Å²) >= 11 is 0. The van der Waals surface area contributed by atoms with Crippen molar-refractivity contribution in [1.29, 1.82) is 0 Å². The van der Waals surface area contributed by atoms with Gasteiger partial charge in [-0.25, -0.2) is 0 Å². The maximum atomic E-state index is 2.47. The number of fused-ring (bicyclic) bond motifs is 21. The van der Waals surface area contributed by atoms with Crippen molar-refractivity contribution in [2.24, 2.45) is 0 Å². The molecule has 27 rings (SSSR count). The number of hydrogen-bond acceptors (Lipinski definition) is 0. The molecular weight excluding hydrogens is 1600 g/mol. The van der Waals surface area contributed by atoms with Crippen LogP contribution in [-0.4, -0.2) is 27.4 Å². The minimum Gasteiger partial charge on any atom is -0.307 e. The highest BCUT2D eigenvalue weighted by Crippen LogP contribution is 2.48. The monoisotopic (exact) mass is 1680 g/mol. The van der Waals surface area contributed by atoms with Crippen molar-refractivity contribution in [3.05, 3.63) is 510 Å². The predicted molar refractivity (Wildman–Crippen MR) is 558 cm³/mol. The van der Waals surface area contributed by atoms with E-state index in [0.29, 0.717) is 0 Å². The lowest BCUT2D eigenvalue weighted by molar-refractivity contribution is 1.15. The summed E-state index contributed by atoms with van der Waals surface area (Å²) in [5, 5.41) is 15.1. The Labute approximate surface area is 763 Å². The first-order valence-electron chi connectivity index (χ1n) is 45.4. The summed E-state index contributed by atoms with van der Waals surface area (Å²) in [6, 6.07) is 184. The van der Waals surface area contributed by atoms with Gasteiger partial charge in [-0.05, 0) is 176 Å². The molecule has 21 aromatic carbocycles. The van der Waals surface area contributed by atoms with Crippen LogP contribution in [0.25, 0.3) is 232 Å². The Balaban J connectivity index is 0.000000106. The van der Waals surface area contributed by atoms with Gasteiger partial charge in [0.1, 0.15) is 0 Å². The largest absolute Gasteiger partial charge is 0.307 e. The van der Waals surface area contributed by atoms with Crippen molar-refractivity contribution in [3.8, 4) is 101 Å². The molecule has 0 amide bonds. The summed E-state index contributed by atoms with van der Waals surface area (Å²) in [6.07, 6.45) is 0. The number of rotatable bonds is 12. The molecule has 0 fully saturated rings. The summed E-state index contributed by atoms with van der Waals surface area (Å²) in [7, 11) is 0. The van der Waals surface area contributed by atoms with E-state index in [4.69, 9.17) is 0 Å². The van der Waals surface area contributed by atoms with Gasteiger partial charge in [0.25, 0.3) is 0 Å². The molecular formula is C126H84N6. The van der Waals surface area contributed by atoms with Crippen LogP contribution in [0.5, 0.6) is 0 Å². The van der Waals surface area contributed by atoms with Crippen molar-refractivity contribution >= 4 is 131 Å². The Hall–Kier alpha value is -17.6. The Kier molecular flexibility index (Phi) is 18.8. The van der Waals surface area contributed by atoms with Crippen LogP contribution in [-0.2, 0) is 0 Å². The van der Waals surface area contributed by atoms with Crippen LogP contribution in [0.15, 0.2) is 510 Å². The summed E-state index contributed by atoms with van der Waals surface area (Å²) in [6.45, 7) is 0. The van der Waals surface area contributed by atoms with Gasteiger partial charge in [-0.2, -0.15) is 0 Å². The summed E-state index contributed by atoms with van der Waals surface area (Å²) in [4.78, 5) is 0. The van der Waals surface area contributed by atoms with E-state index in [2.05, 4.69) is 537 Å². The van der Waals surface area contributed by atoms with E-state index < -0.39 is 0 Å². The Bertz CT molecular complexity index is 8720. The van der Waals surface area contributed by atoms with Crippen LogP contribution in [0.1, 0.15) is 0 Å². The Morgan fingerprint density at radius 3 is 0.439 bits per heavy atom. The van der Waals surface area contributed by atoms with E-state index in [1.165, 1.54) is 198 Å². The third-order valence-corrected chi connectivity index (χ3v) is 26.7. The van der Waals surface area contributed by atoms with E-state index in [0.717, 1.165) is 34.1 Å². The lowest BCUT2D eigenvalue weighted by Crippen LogP contribution is -1.99. The number of hydrogen-bond donors (Lipinski definition) is 0. The summed E-state index contributed by atoms with van der Waals surface area (Å²) < 4.78 is 14.8. The molecule has 0 unspecified atom stereocenters. The lowest BCUT2D eigenvalue weighted by atomic mass is 10.0. The van der Waals surface area contributed by atoms with E-state index in [1.54, 1.807) is 0 Å². The van der Waals surface area contributed by atoms with Crippen LogP contribution >= 0.6 is 0 Å².